The second kappa shape index (κ2) is 11.0. The molecule has 4 rings (SSSR count). The molecular weight excluding hydrogens is 428 g/mol. The number of benzene rings is 2. The maximum Gasteiger partial charge on any atom is 0.228 e. The number of hydrogen-bond acceptors (Lipinski definition) is 5. The molecule has 7 heteroatoms. The third kappa shape index (κ3) is 6.36. The van der Waals surface area contributed by atoms with Crippen molar-refractivity contribution in [1.29, 1.82) is 0 Å². The Bertz CT molecular complexity index is 1010. The lowest BCUT2D eigenvalue weighted by Crippen LogP contribution is -2.49. The highest BCUT2D eigenvalue weighted by Crippen LogP contribution is 2.28. The number of aromatic hydroxyl groups is 1. The first-order chi connectivity index (χ1) is 16.4. The Hall–Kier alpha value is -2.90. The van der Waals surface area contributed by atoms with Gasteiger partial charge in [0.1, 0.15) is 5.75 Å². The van der Waals surface area contributed by atoms with Gasteiger partial charge in [-0.1, -0.05) is 18.2 Å². The van der Waals surface area contributed by atoms with Crippen molar-refractivity contribution in [3.8, 4) is 5.75 Å². The number of piperidine rings is 1. The van der Waals surface area contributed by atoms with Gasteiger partial charge in [-0.25, -0.2) is 0 Å². The van der Waals surface area contributed by atoms with Crippen molar-refractivity contribution in [2.24, 2.45) is 11.8 Å². The quantitative estimate of drug-likeness (QED) is 0.559. The van der Waals surface area contributed by atoms with Gasteiger partial charge in [0.15, 0.2) is 0 Å². The molecular formula is C27H36N4O3. The zero-order chi connectivity index (χ0) is 24.1. The predicted octanol–water partition coefficient (Wildman–Crippen LogP) is 2.64. The van der Waals surface area contributed by atoms with Crippen LogP contribution in [-0.2, 0) is 29.0 Å². The summed E-state index contributed by atoms with van der Waals surface area (Å²) in [4.78, 5) is 30.4. The van der Waals surface area contributed by atoms with Crippen molar-refractivity contribution in [3.05, 3.63) is 59.2 Å². The molecule has 0 saturated carbocycles. The van der Waals surface area contributed by atoms with E-state index in [4.69, 9.17) is 0 Å². The highest BCUT2D eigenvalue weighted by Gasteiger charge is 2.35. The highest BCUT2D eigenvalue weighted by atomic mass is 16.3. The molecule has 1 fully saturated rings. The van der Waals surface area contributed by atoms with E-state index in [1.165, 1.54) is 17.5 Å². The van der Waals surface area contributed by atoms with Crippen LogP contribution in [0, 0.1) is 11.8 Å². The summed E-state index contributed by atoms with van der Waals surface area (Å²) in [5.41, 5.74) is 4.59. The summed E-state index contributed by atoms with van der Waals surface area (Å²) in [7, 11) is 3.96. The van der Waals surface area contributed by atoms with Gasteiger partial charge in [0, 0.05) is 38.4 Å². The summed E-state index contributed by atoms with van der Waals surface area (Å²) in [6, 6.07) is 13.3. The van der Waals surface area contributed by atoms with Crippen LogP contribution < -0.4 is 10.6 Å². The molecule has 1 aliphatic heterocycles. The summed E-state index contributed by atoms with van der Waals surface area (Å²) in [6.07, 6.45) is 3.89. The number of carbonyl (C=O) groups is 2. The largest absolute Gasteiger partial charge is 0.508 e. The molecule has 2 atom stereocenters. The number of fused-ring (bicyclic) bond motifs is 1. The maximum atomic E-state index is 13.3. The van der Waals surface area contributed by atoms with Crippen LogP contribution in [0.25, 0.3) is 0 Å². The summed E-state index contributed by atoms with van der Waals surface area (Å²) in [5, 5.41) is 15.7. The lowest BCUT2D eigenvalue weighted by Gasteiger charge is -2.36. The van der Waals surface area contributed by atoms with E-state index in [9.17, 15) is 14.7 Å². The minimum absolute atomic E-state index is 0.00702. The molecule has 2 aromatic rings. The number of carbonyl (C=O) groups excluding carboxylic acids is 2. The Labute approximate surface area is 202 Å². The Kier molecular flexibility index (Phi) is 7.85. The average molecular weight is 465 g/mol. The number of likely N-dealkylation sites (N-methyl/N-ethyl adjacent to an activating group) is 1. The van der Waals surface area contributed by atoms with E-state index in [0.29, 0.717) is 32.6 Å². The van der Waals surface area contributed by atoms with Crippen LogP contribution in [-0.4, -0.2) is 67.0 Å². The van der Waals surface area contributed by atoms with Crippen LogP contribution in [0.5, 0.6) is 5.75 Å². The van der Waals surface area contributed by atoms with E-state index in [0.717, 1.165) is 30.6 Å². The number of likely N-dealkylation sites (tertiary alicyclic amines) is 1. The molecule has 1 saturated heterocycles. The molecule has 182 valence electrons. The van der Waals surface area contributed by atoms with Crippen molar-refractivity contribution in [1.82, 2.24) is 15.1 Å². The molecule has 7 nitrogen and oxygen atoms in total. The Morgan fingerprint density at radius 2 is 1.71 bits per heavy atom. The zero-order valence-corrected chi connectivity index (χ0v) is 20.2. The number of nitrogens with one attached hydrogen (secondary N) is 2. The molecule has 0 unspecified atom stereocenters. The standard InChI is InChI=1S/C27H36N4O3/c1-30(2)13-12-28-26(33)22-14-23(18-31(17-22)16-19-6-10-25(32)11-7-19)27(34)29-24-9-8-20-4-3-5-21(20)15-24/h6-11,15,22-23,32H,3-5,12-14,16-18H2,1-2H3,(H,28,33)(H,29,34)/t22-,23+/m0/s1. The number of phenolic OH excluding ortho intramolecular Hbond substituents is 1. The second-order valence-electron chi connectivity index (χ2n) is 9.91. The number of hydrogen-bond donors (Lipinski definition) is 3. The third-order valence-corrected chi connectivity index (χ3v) is 6.83. The normalized spacial score (nSPS) is 20.2. The van der Waals surface area contributed by atoms with Crippen LogP contribution in [0.15, 0.2) is 42.5 Å². The van der Waals surface area contributed by atoms with Crippen LogP contribution in [0.2, 0.25) is 0 Å². The maximum absolute atomic E-state index is 13.3. The fourth-order valence-electron chi connectivity index (χ4n) is 5.00. The SMILES string of the molecule is CN(C)CCNC(=O)[C@H]1C[C@@H](C(=O)Nc2ccc3c(c2)CCC3)CN(Cc2ccc(O)cc2)C1. The molecule has 2 aromatic carbocycles. The van der Waals surface area contributed by atoms with Gasteiger partial charge in [-0.15, -0.1) is 0 Å². The van der Waals surface area contributed by atoms with Crippen molar-refractivity contribution < 1.29 is 14.7 Å². The Morgan fingerprint density at radius 3 is 2.44 bits per heavy atom. The lowest BCUT2D eigenvalue weighted by molar-refractivity contribution is -0.130. The third-order valence-electron chi connectivity index (χ3n) is 6.83. The predicted molar refractivity (Wildman–Crippen MR) is 134 cm³/mol. The molecule has 0 spiro atoms. The topological polar surface area (TPSA) is 84.9 Å². The first-order valence-electron chi connectivity index (χ1n) is 12.2. The van der Waals surface area contributed by atoms with Crippen LogP contribution >= 0.6 is 0 Å². The van der Waals surface area contributed by atoms with Gasteiger partial charge in [-0.2, -0.15) is 0 Å². The van der Waals surface area contributed by atoms with Crippen LogP contribution in [0.4, 0.5) is 5.69 Å². The minimum atomic E-state index is -0.274. The van der Waals surface area contributed by atoms with Crippen LogP contribution in [0.3, 0.4) is 0 Å². The molecule has 34 heavy (non-hydrogen) atoms. The molecule has 3 N–H and O–H groups in total. The van der Waals surface area contributed by atoms with E-state index in [2.05, 4.69) is 27.7 Å². The van der Waals surface area contributed by atoms with Crippen LogP contribution in [0.1, 0.15) is 29.5 Å². The fraction of sp³-hybridized carbons (Fsp3) is 0.481. The van der Waals surface area contributed by atoms with Crippen molar-refractivity contribution in [2.45, 2.75) is 32.2 Å². The summed E-state index contributed by atoms with van der Waals surface area (Å²) < 4.78 is 0. The highest BCUT2D eigenvalue weighted by molar-refractivity contribution is 5.93. The number of rotatable bonds is 8. The van der Waals surface area contributed by atoms with Crippen molar-refractivity contribution >= 4 is 17.5 Å². The first-order valence-corrected chi connectivity index (χ1v) is 12.2. The van der Waals surface area contributed by atoms with Gasteiger partial charge in [-0.3, -0.25) is 14.5 Å². The number of phenols is 1. The van der Waals surface area contributed by atoms with Crippen molar-refractivity contribution in [3.63, 3.8) is 0 Å². The minimum Gasteiger partial charge on any atom is -0.508 e. The molecule has 1 aliphatic carbocycles. The second-order valence-corrected chi connectivity index (χ2v) is 9.91. The molecule has 0 radical (unpaired) electrons. The van der Waals surface area contributed by atoms with E-state index in [1.54, 1.807) is 12.1 Å². The first kappa shape index (κ1) is 24.2. The van der Waals surface area contributed by atoms with E-state index in [1.807, 2.05) is 37.2 Å². The van der Waals surface area contributed by atoms with Gasteiger partial charge in [0.2, 0.25) is 11.8 Å². The average Bonchev–Trinajstić information content (AvgIpc) is 3.28. The molecule has 1 heterocycles. The summed E-state index contributed by atoms with van der Waals surface area (Å²) in [5.74, 6) is -0.313. The number of nitrogens with zero attached hydrogens (tertiary/aromatic N) is 2. The van der Waals surface area contributed by atoms with Gasteiger partial charge in [-0.05, 0) is 80.7 Å². The van der Waals surface area contributed by atoms with Gasteiger partial charge in [0.25, 0.3) is 0 Å². The van der Waals surface area contributed by atoms with Gasteiger partial charge in [0.05, 0.1) is 11.8 Å². The monoisotopic (exact) mass is 464 g/mol. The number of anilines is 1. The lowest BCUT2D eigenvalue weighted by atomic mass is 9.87. The smallest absolute Gasteiger partial charge is 0.228 e. The molecule has 2 amide bonds. The van der Waals surface area contributed by atoms with E-state index < -0.39 is 0 Å². The van der Waals surface area contributed by atoms with Gasteiger partial charge >= 0.3 is 0 Å². The Morgan fingerprint density at radius 1 is 1.00 bits per heavy atom. The van der Waals surface area contributed by atoms with Crippen molar-refractivity contribution in [2.75, 3.05) is 45.6 Å². The van der Waals surface area contributed by atoms with E-state index >= 15 is 0 Å². The summed E-state index contributed by atoms with van der Waals surface area (Å²) in [6.45, 7) is 3.20. The molecule has 0 aromatic heterocycles. The molecule has 0 bridgehead atoms. The zero-order valence-electron chi connectivity index (χ0n) is 20.2. The molecule has 2 aliphatic rings. The number of amides is 2. The van der Waals surface area contributed by atoms with Gasteiger partial charge < -0.3 is 20.6 Å². The number of aryl methyl sites for hydroxylation is 2. The fourth-order valence-corrected chi connectivity index (χ4v) is 5.00. The Balaban J connectivity index is 1.44. The van der Waals surface area contributed by atoms with E-state index in [-0.39, 0.29) is 29.4 Å². The summed E-state index contributed by atoms with van der Waals surface area (Å²) >= 11 is 0.